The number of nitrogens with one attached hydrogen (secondary N) is 1. The van der Waals surface area contributed by atoms with Crippen molar-refractivity contribution < 1.29 is 19.4 Å². The topological polar surface area (TPSA) is 82.1 Å². The molecule has 2 aromatic rings. The number of carboxylic acid groups (broad SMARTS) is 1. The lowest BCUT2D eigenvalue weighted by Crippen LogP contribution is -2.44. The van der Waals surface area contributed by atoms with Gasteiger partial charge in [-0.3, -0.25) is 4.79 Å². The number of piperazine rings is 1. The van der Waals surface area contributed by atoms with Gasteiger partial charge in [-0.15, -0.1) is 0 Å². The monoisotopic (exact) mass is 395 g/mol. The average Bonchev–Trinajstić information content (AvgIpc) is 2.73. The molecular weight excluding hydrogens is 370 g/mol. The molecule has 152 valence electrons. The minimum absolute atomic E-state index is 0.0486. The summed E-state index contributed by atoms with van der Waals surface area (Å²) in [5.41, 5.74) is 2.17. The first-order valence-corrected chi connectivity index (χ1v) is 9.41. The molecule has 7 nitrogen and oxygen atoms in total. The molecule has 7 heteroatoms. The maximum absolute atomic E-state index is 12.2. The molecule has 1 fully saturated rings. The molecule has 0 bridgehead atoms. The van der Waals surface area contributed by atoms with E-state index in [1.54, 1.807) is 31.4 Å². The number of hydrogen-bond donors (Lipinski definition) is 2. The van der Waals surface area contributed by atoms with E-state index >= 15 is 0 Å². The van der Waals surface area contributed by atoms with E-state index in [-0.39, 0.29) is 11.3 Å². The number of rotatable bonds is 6. The molecule has 0 aliphatic carbocycles. The normalized spacial score (nSPS) is 14.8. The molecular formula is C22H25N3O4. The Morgan fingerprint density at radius 2 is 1.83 bits per heavy atom. The van der Waals surface area contributed by atoms with Gasteiger partial charge in [0.2, 0.25) is 5.91 Å². The van der Waals surface area contributed by atoms with Crippen LogP contribution in [0.4, 0.5) is 11.4 Å². The molecule has 2 aromatic carbocycles. The summed E-state index contributed by atoms with van der Waals surface area (Å²) in [4.78, 5) is 28.1. The standard InChI is InChI=1S/C22H25N3O4/c1-24-11-13-25(14-12-24)19-9-7-16(15-20(19)29-2)8-10-21(26)23-18-6-4-3-5-17(18)22(27)28/h3-10,15H,11-14H2,1-2H3,(H,23,26)(H,27,28). The number of para-hydroxylation sites is 1. The SMILES string of the molecule is COc1cc(C=CC(=O)Nc2ccccc2C(=O)O)ccc1N1CCN(C)CC1. The highest BCUT2D eigenvalue weighted by Gasteiger charge is 2.17. The molecule has 1 amide bonds. The largest absolute Gasteiger partial charge is 0.495 e. The first-order valence-electron chi connectivity index (χ1n) is 9.41. The van der Waals surface area contributed by atoms with E-state index in [0.717, 1.165) is 43.2 Å². The molecule has 0 radical (unpaired) electrons. The summed E-state index contributed by atoms with van der Waals surface area (Å²) in [5.74, 6) is -0.733. The Hall–Kier alpha value is -3.32. The maximum Gasteiger partial charge on any atom is 0.337 e. The Balaban J connectivity index is 1.70. The van der Waals surface area contributed by atoms with Crippen LogP contribution in [0, 0.1) is 0 Å². The third-order valence-electron chi connectivity index (χ3n) is 4.89. The molecule has 1 aliphatic heterocycles. The Morgan fingerprint density at radius 3 is 2.52 bits per heavy atom. The van der Waals surface area contributed by atoms with Gasteiger partial charge >= 0.3 is 5.97 Å². The number of carbonyl (C=O) groups excluding carboxylic acids is 1. The van der Waals surface area contributed by atoms with Crippen molar-refractivity contribution >= 4 is 29.3 Å². The molecule has 0 atom stereocenters. The highest BCUT2D eigenvalue weighted by atomic mass is 16.5. The number of anilines is 2. The number of amides is 1. The van der Waals surface area contributed by atoms with Gasteiger partial charge < -0.3 is 25.0 Å². The number of methoxy groups -OCH3 is 1. The highest BCUT2D eigenvalue weighted by Crippen LogP contribution is 2.30. The predicted octanol–water partition coefficient (Wildman–Crippen LogP) is 2.80. The molecule has 0 spiro atoms. The number of likely N-dealkylation sites (N-methyl/N-ethyl adjacent to an activating group) is 1. The molecule has 3 rings (SSSR count). The number of hydrogen-bond acceptors (Lipinski definition) is 5. The van der Waals surface area contributed by atoms with E-state index in [0.29, 0.717) is 0 Å². The summed E-state index contributed by atoms with van der Waals surface area (Å²) in [6.07, 6.45) is 3.05. The van der Waals surface area contributed by atoms with E-state index in [2.05, 4.69) is 22.2 Å². The number of ether oxygens (including phenoxy) is 1. The molecule has 0 saturated carbocycles. The number of benzene rings is 2. The summed E-state index contributed by atoms with van der Waals surface area (Å²) in [6, 6.07) is 12.1. The van der Waals surface area contributed by atoms with Gasteiger partial charge in [-0.05, 0) is 43.0 Å². The third kappa shape index (κ3) is 5.14. The second kappa shape index (κ2) is 9.25. The number of nitrogens with zero attached hydrogens (tertiary/aromatic N) is 2. The first kappa shape index (κ1) is 20.4. The van der Waals surface area contributed by atoms with Crippen LogP contribution < -0.4 is 15.0 Å². The smallest absolute Gasteiger partial charge is 0.337 e. The lowest BCUT2D eigenvalue weighted by molar-refractivity contribution is -0.111. The molecule has 1 heterocycles. The number of carbonyl (C=O) groups is 2. The average molecular weight is 395 g/mol. The van der Waals surface area contributed by atoms with Crippen molar-refractivity contribution in [2.45, 2.75) is 0 Å². The van der Waals surface area contributed by atoms with Crippen molar-refractivity contribution in [3.05, 3.63) is 59.7 Å². The highest BCUT2D eigenvalue weighted by molar-refractivity contribution is 6.06. The van der Waals surface area contributed by atoms with Gasteiger partial charge in [0.25, 0.3) is 0 Å². The van der Waals surface area contributed by atoms with E-state index in [4.69, 9.17) is 4.74 Å². The summed E-state index contributed by atoms with van der Waals surface area (Å²) >= 11 is 0. The van der Waals surface area contributed by atoms with Gasteiger partial charge in [-0.1, -0.05) is 18.2 Å². The van der Waals surface area contributed by atoms with Crippen molar-refractivity contribution in [2.75, 3.05) is 50.6 Å². The molecule has 2 N–H and O–H groups in total. The molecule has 0 unspecified atom stereocenters. The van der Waals surface area contributed by atoms with Crippen LogP contribution in [0.5, 0.6) is 5.75 Å². The van der Waals surface area contributed by atoms with Crippen LogP contribution in [0.15, 0.2) is 48.5 Å². The fraction of sp³-hybridized carbons (Fsp3) is 0.273. The molecule has 29 heavy (non-hydrogen) atoms. The zero-order valence-electron chi connectivity index (χ0n) is 16.6. The number of aromatic carboxylic acids is 1. The summed E-state index contributed by atoms with van der Waals surface area (Å²) in [5, 5.41) is 11.8. The fourth-order valence-electron chi connectivity index (χ4n) is 3.23. The van der Waals surface area contributed by atoms with E-state index in [1.807, 2.05) is 18.2 Å². The van der Waals surface area contributed by atoms with Gasteiger partial charge in [-0.2, -0.15) is 0 Å². The Bertz CT molecular complexity index is 918. The minimum atomic E-state index is -1.09. The second-order valence-electron chi connectivity index (χ2n) is 6.89. The molecule has 1 aliphatic rings. The van der Waals surface area contributed by atoms with Crippen molar-refractivity contribution in [3.8, 4) is 5.75 Å². The van der Waals surface area contributed by atoms with Gasteiger partial charge in [0.05, 0.1) is 24.0 Å². The predicted molar refractivity (Wildman–Crippen MR) is 114 cm³/mol. The van der Waals surface area contributed by atoms with Crippen LogP contribution in [-0.2, 0) is 4.79 Å². The van der Waals surface area contributed by atoms with Crippen LogP contribution in [0.2, 0.25) is 0 Å². The zero-order chi connectivity index (χ0) is 20.8. The van der Waals surface area contributed by atoms with Crippen LogP contribution in [0.1, 0.15) is 15.9 Å². The quantitative estimate of drug-likeness (QED) is 0.732. The van der Waals surface area contributed by atoms with E-state index in [1.165, 1.54) is 12.1 Å². The van der Waals surface area contributed by atoms with Crippen molar-refractivity contribution in [3.63, 3.8) is 0 Å². The van der Waals surface area contributed by atoms with Crippen LogP contribution in [0.25, 0.3) is 6.08 Å². The van der Waals surface area contributed by atoms with Crippen molar-refractivity contribution in [1.29, 1.82) is 0 Å². The molecule has 1 saturated heterocycles. The Labute approximate surface area is 170 Å². The second-order valence-corrected chi connectivity index (χ2v) is 6.89. The number of carboxylic acids is 1. The summed E-state index contributed by atoms with van der Waals surface area (Å²) < 4.78 is 5.56. The lowest BCUT2D eigenvalue weighted by Gasteiger charge is -2.34. The first-order chi connectivity index (χ1) is 14.0. The Morgan fingerprint density at radius 1 is 1.10 bits per heavy atom. The van der Waals surface area contributed by atoms with Crippen molar-refractivity contribution in [1.82, 2.24) is 4.90 Å². The minimum Gasteiger partial charge on any atom is -0.495 e. The van der Waals surface area contributed by atoms with Crippen LogP contribution >= 0.6 is 0 Å². The van der Waals surface area contributed by atoms with Gasteiger partial charge in [0.1, 0.15) is 5.75 Å². The van der Waals surface area contributed by atoms with Crippen molar-refractivity contribution in [2.24, 2.45) is 0 Å². The molecule has 0 aromatic heterocycles. The van der Waals surface area contributed by atoms with Crippen LogP contribution in [-0.4, -0.2) is 62.2 Å². The van der Waals surface area contributed by atoms with Crippen LogP contribution in [0.3, 0.4) is 0 Å². The fourth-order valence-corrected chi connectivity index (χ4v) is 3.23. The summed E-state index contributed by atoms with van der Waals surface area (Å²) in [6.45, 7) is 3.88. The maximum atomic E-state index is 12.2. The lowest BCUT2D eigenvalue weighted by atomic mass is 10.1. The van der Waals surface area contributed by atoms with Gasteiger partial charge in [0.15, 0.2) is 0 Å². The Kier molecular flexibility index (Phi) is 6.51. The van der Waals surface area contributed by atoms with E-state index in [9.17, 15) is 14.7 Å². The van der Waals surface area contributed by atoms with E-state index < -0.39 is 11.9 Å². The zero-order valence-corrected chi connectivity index (χ0v) is 16.6. The third-order valence-corrected chi connectivity index (χ3v) is 4.89. The van der Waals surface area contributed by atoms with Gasteiger partial charge in [-0.25, -0.2) is 4.79 Å². The summed E-state index contributed by atoms with van der Waals surface area (Å²) in [7, 11) is 3.75. The van der Waals surface area contributed by atoms with Gasteiger partial charge in [0, 0.05) is 32.3 Å².